The van der Waals surface area contributed by atoms with Gasteiger partial charge in [-0.05, 0) is 24.6 Å². The molecule has 0 aliphatic rings. The molecule has 0 fully saturated rings. The second-order valence-corrected chi connectivity index (χ2v) is 3.29. The number of nitrogens with zero attached hydrogens (tertiary/aromatic N) is 4. The Morgan fingerprint density at radius 3 is 2.60 bits per heavy atom. The Kier molecular flexibility index (Phi) is 2.46. The molecule has 4 nitrogen and oxygen atoms in total. The van der Waals surface area contributed by atoms with Crippen LogP contribution in [0, 0.1) is 11.3 Å². The van der Waals surface area contributed by atoms with E-state index in [0.29, 0.717) is 5.56 Å². The van der Waals surface area contributed by atoms with E-state index < -0.39 is 0 Å². The van der Waals surface area contributed by atoms with Crippen LogP contribution >= 0.6 is 0 Å². The summed E-state index contributed by atoms with van der Waals surface area (Å²) in [4.78, 5) is 3.90. The second kappa shape index (κ2) is 3.93. The third-order valence-electron chi connectivity index (χ3n) is 2.36. The van der Waals surface area contributed by atoms with Crippen LogP contribution in [0.25, 0.3) is 0 Å². The number of aromatic nitrogens is 3. The topological polar surface area (TPSA) is 54.5 Å². The molecular formula is C11H10N4. The van der Waals surface area contributed by atoms with E-state index in [9.17, 15) is 0 Å². The number of hydrogen-bond acceptors (Lipinski definition) is 3. The fourth-order valence-corrected chi connectivity index (χ4v) is 1.41. The molecule has 1 heterocycles. The van der Waals surface area contributed by atoms with Gasteiger partial charge in [-0.15, -0.1) is 0 Å². The first kappa shape index (κ1) is 9.41. The molecule has 0 radical (unpaired) electrons. The maximum absolute atomic E-state index is 8.67. The summed E-state index contributed by atoms with van der Waals surface area (Å²) in [5, 5.41) is 12.7. The first-order valence-electron chi connectivity index (χ1n) is 4.65. The Morgan fingerprint density at radius 1 is 1.33 bits per heavy atom. The lowest BCUT2D eigenvalue weighted by molar-refractivity contribution is 0.563. The van der Waals surface area contributed by atoms with Gasteiger partial charge in [0.2, 0.25) is 0 Å². The highest BCUT2D eigenvalue weighted by molar-refractivity contribution is 5.32. The van der Waals surface area contributed by atoms with E-state index in [1.807, 2.05) is 31.2 Å². The van der Waals surface area contributed by atoms with Crippen LogP contribution in [0.3, 0.4) is 0 Å². The highest BCUT2D eigenvalue weighted by Gasteiger charge is 2.07. The summed E-state index contributed by atoms with van der Waals surface area (Å²) in [7, 11) is 0. The predicted octanol–water partition coefficient (Wildman–Crippen LogP) is 1.76. The van der Waals surface area contributed by atoms with Gasteiger partial charge in [-0.2, -0.15) is 10.4 Å². The van der Waals surface area contributed by atoms with Crippen molar-refractivity contribution in [2.75, 3.05) is 0 Å². The van der Waals surface area contributed by atoms with Gasteiger partial charge >= 0.3 is 0 Å². The molecule has 0 saturated carbocycles. The number of rotatable bonds is 2. The first-order chi connectivity index (χ1) is 7.31. The molecule has 0 amide bonds. The van der Waals surface area contributed by atoms with Gasteiger partial charge in [-0.25, -0.2) is 9.67 Å². The summed E-state index contributed by atoms with van der Waals surface area (Å²) in [5.41, 5.74) is 1.78. The van der Waals surface area contributed by atoms with Crippen LogP contribution in [0.5, 0.6) is 0 Å². The van der Waals surface area contributed by atoms with Crippen LogP contribution < -0.4 is 0 Å². The molecule has 1 atom stereocenters. The third kappa shape index (κ3) is 1.86. The fraction of sp³-hybridized carbons (Fsp3) is 0.182. The average molecular weight is 198 g/mol. The Balaban J connectivity index is 2.27. The highest BCUT2D eigenvalue weighted by atomic mass is 15.3. The molecule has 0 N–H and O–H groups in total. The van der Waals surface area contributed by atoms with Gasteiger partial charge in [-0.1, -0.05) is 12.1 Å². The molecule has 0 aliphatic carbocycles. The Labute approximate surface area is 87.8 Å². The molecule has 0 bridgehead atoms. The van der Waals surface area contributed by atoms with Gasteiger partial charge in [0.1, 0.15) is 12.7 Å². The lowest BCUT2D eigenvalue weighted by Crippen LogP contribution is -2.06. The minimum atomic E-state index is 0.139. The number of nitriles is 1. The minimum Gasteiger partial charge on any atom is -0.246 e. The van der Waals surface area contributed by atoms with Crippen LogP contribution in [0.2, 0.25) is 0 Å². The maximum Gasteiger partial charge on any atom is 0.137 e. The predicted molar refractivity (Wildman–Crippen MR) is 55.0 cm³/mol. The molecule has 0 saturated heterocycles. The number of benzene rings is 1. The summed E-state index contributed by atoms with van der Waals surface area (Å²) in [6.07, 6.45) is 3.20. The molecule has 1 unspecified atom stereocenters. The van der Waals surface area contributed by atoms with Gasteiger partial charge in [0.15, 0.2) is 0 Å². The van der Waals surface area contributed by atoms with Crippen molar-refractivity contribution in [3.05, 3.63) is 48.0 Å². The lowest BCUT2D eigenvalue weighted by atomic mass is 10.1. The zero-order chi connectivity index (χ0) is 10.7. The molecule has 1 aromatic carbocycles. The largest absolute Gasteiger partial charge is 0.246 e. The molecule has 2 rings (SSSR count). The van der Waals surface area contributed by atoms with Crippen LogP contribution in [0.1, 0.15) is 24.1 Å². The van der Waals surface area contributed by atoms with Crippen molar-refractivity contribution in [2.45, 2.75) is 13.0 Å². The van der Waals surface area contributed by atoms with E-state index in [4.69, 9.17) is 5.26 Å². The van der Waals surface area contributed by atoms with Crippen LogP contribution in [0.15, 0.2) is 36.9 Å². The molecule has 15 heavy (non-hydrogen) atoms. The van der Waals surface area contributed by atoms with Crippen molar-refractivity contribution in [2.24, 2.45) is 0 Å². The second-order valence-electron chi connectivity index (χ2n) is 3.29. The summed E-state index contributed by atoms with van der Waals surface area (Å²) >= 11 is 0. The normalized spacial score (nSPS) is 12.0. The van der Waals surface area contributed by atoms with Crippen molar-refractivity contribution >= 4 is 0 Å². The Hall–Kier alpha value is -2.15. The van der Waals surface area contributed by atoms with Gasteiger partial charge < -0.3 is 0 Å². The van der Waals surface area contributed by atoms with Gasteiger partial charge in [0, 0.05) is 0 Å². The Bertz CT molecular complexity index is 464. The highest BCUT2D eigenvalue weighted by Crippen LogP contribution is 2.16. The summed E-state index contributed by atoms with van der Waals surface area (Å²) in [5.74, 6) is 0. The maximum atomic E-state index is 8.67. The first-order valence-corrected chi connectivity index (χ1v) is 4.65. The average Bonchev–Trinajstić information content (AvgIpc) is 2.82. The molecular weight excluding hydrogens is 188 g/mol. The van der Waals surface area contributed by atoms with Gasteiger partial charge in [0.05, 0.1) is 17.7 Å². The molecule has 2 aromatic rings. The molecule has 0 spiro atoms. The van der Waals surface area contributed by atoms with Crippen LogP contribution in [-0.2, 0) is 0 Å². The van der Waals surface area contributed by atoms with Gasteiger partial charge in [-0.3, -0.25) is 0 Å². The molecule has 4 heteroatoms. The van der Waals surface area contributed by atoms with E-state index in [1.165, 1.54) is 6.33 Å². The van der Waals surface area contributed by atoms with Gasteiger partial charge in [0.25, 0.3) is 0 Å². The molecule has 74 valence electrons. The van der Waals surface area contributed by atoms with E-state index in [2.05, 4.69) is 16.2 Å². The minimum absolute atomic E-state index is 0.139. The smallest absolute Gasteiger partial charge is 0.137 e. The van der Waals surface area contributed by atoms with E-state index in [1.54, 1.807) is 11.0 Å². The lowest BCUT2D eigenvalue weighted by Gasteiger charge is -2.11. The third-order valence-corrected chi connectivity index (χ3v) is 2.36. The van der Waals surface area contributed by atoms with E-state index >= 15 is 0 Å². The van der Waals surface area contributed by atoms with E-state index in [0.717, 1.165) is 5.56 Å². The summed E-state index contributed by atoms with van der Waals surface area (Å²) < 4.78 is 1.78. The Morgan fingerprint density at radius 2 is 2.07 bits per heavy atom. The zero-order valence-corrected chi connectivity index (χ0v) is 8.33. The summed E-state index contributed by atoms with van der Waals surface area (Å²) in [6, 6.07) is 9.72. The van der Waals surface area contributed by atoms with Crippen molar-refractivity contribution in [1.82, 2.24) is 14.8 Å². The standard InChI is InChI=1S/C11H10N4/c1-9(15-8-13-7-14-15)11-4-2-10(6-12)3-5-11/h2-5,7-9H,1H3. The SMILES string of the molecule is CC(c1ccc(C#N)cc1)n1cncn1. The fourth-order valence-electron chi connectivity index (χ4n) is 1.41. The zero-order valence-electron chi connectivity index (χ0n) is 8.33. The molecule has 0 aliphatic heterocycles. The quantitative estimate of drug-likeness (QED) is 0.738. The van der Waals surface area contributed by atoms with Crippen molar-refractivity contribution in [3.63, 3.8) is 0 Å². The van der Waals surface area contributed by atoms with E-state index in [-0.39, 0.29) is 6.04 Å². The van der Waals surface area contributed by atoms with Crippen molar-refractivity contribution < 1.29 is 0 Å². The monoisotopic (exact) mass is 198 g/mol. The van der Waals surface area contributed by atoms with Crippen LogP contribution in [-0.4, -0.2) is 14.8 Å². The number of hydrogen-bond donors (Lipinski definition) is 0. The van der Waals surface area contributed by atoms with Crippen molar-refractivity contribution in [3.8, 4) is 6.07 Å². The molecule has 1 aromatic heterocycles. The van der Waals surface area contributed by atoms with Crippen molar-refractivity contribution in [1.29, 1.82) is 5.26 Å². The summed E-state index contributed by atoms with van der Waals surface area (Å²) in [6.45, 7) is 2.04. The van der Waals surface area contributed by atoms with Crippen LogP contribution in [0.4, 0.5) is 0 Å².